The van der Waals surface area contributed by atoms with Gasteiger partial charge in [0, 0.05) is 44.0 Å². The average molecular weight is 366 g/mol. The van der Waals surface area contributed by atoms with Crippen molar-refractivity contribution in [2.24, 2.45) is 0 Å². The molecule has 26 heavy (non-hydrogen) atoms. The molecule has 0 spiro atoms. The van der Waals surface area contributed by atoms with E-state index in [1.54, 1.807) is 4.90 Å². The summed E-state index contributed by atoms with van der Waals surface area (Å²) in [6, 6.07) is 3.74. The second-order valence-electron chi connectivity index (χ2n) is 6.14. The molecule has 1 aliphatic heterocycles. The van der Waals surface area contributed by atoms with Gasteiger partial charge in [0.1, 0.15) is 19.0 Å². The minimum Gasteiger partial charge on any atom is -0.474 e. The molecule has 8 heteroatoms. The predicted molar refractivity (Wildman–Crippen MR) is 101 cm³/mol. The van der Waals surface area contributed by atoms with E-state index >= 15 is 0 Å². The highest BCUT2D eigenvalue weighted by molar-refractivity contribution is 5.67. The van der Waals surface area contributed by atoms with Crippen molar-refractivity contribution in [1.82, 2.24) is 9.88 Å². The molecule has 1 saturated heterocycles. The van der Waals surface area contributed by atoms with Crippen LogP contribution >= 0.6 is 0 Å². The molecule has 2 rings (SSSR count). The van der Waals surface area contributed by atoms with E-state index in [1.807, 2.05) is 12.1 Å². The van der Waals surface area contributed by atoms with E-state index in [9.17, 15) is 4.79 Å². The summed E-state index contributed by atoms with van der Waals surface area (Å²) in [5.74, 6) is 0.861. The van der Waals surface area contributed by atoms with E-state index in [0.717, 1.165) is 31.6 Å². The number of amides is 1. The van der Waals surface area contributed by atoms with Gasteiger partial charge in [-0.1, -0.05) is 13.8 Å². The number of carbonyl (C=O) groups excluding carboxylic acids is 1. The van der Waals surface area contributed by atoms with Gasteiger partial charge in [-0.15, -0.1) is 0 Å². The minimum atomic E-state index is -0.338. The Bertz CT molecular complexity index is 558. The van der Waals surface area contributed by atoms with Gasteiger partial charge in [0.05, 0.1) is 13.2 Å². The average Bonchev–Trinajstić information content (AvgIpc) is 2.65. The van der Waals surface area contributed by atoms with Crippen LogP contribution in [0.15, 0.2) is 12.1 Å². The molecule has 1 aromatic heterocycles. The van der Waals surface area contributed by atoms with Crippen molar-refractivity contribution in [3.63, 3.8) is 0 Å². The fourth-order valence-electron chi connectivity index (χ4n) is 2.79. The predicted octanol–water partition coefficient (Wildman–Crippen LogP) is 2.14. The van der Waals surface area contributed by atoms with Gasteiger partial charge in [-0.25, -0.2) is 4.79 Å². The van der Waals surface area contributed by atoms with Crippen molar-refractivity contribution in [3.8, 4) is 5.88 Å². The number of hydrogen-bond donors (Lipinski definition) is 1. The first kappa shape index (κ1) is 20.1. The van der Waals surface area contributed by atoms with Crippen LogP contribution in [0.4, 0.5) is 16.3 Å². The number of rotatable bonds is 9. The summed E-state index contributed by atoms with van der Waals surface area (Å²) < 4.78 is 16.1. The molecule has 1 amide bonds. The quantitative estimate of drug-likeness (QED) is 0.670. The Morgan fingerprint density at radius 1 is 1.23 bits per heavy atom. The SMILES string of the molecule is CCCN(CCC)c1cc(N)nc(OCCOC(=O)N2CCOCC2)c1. The van der Waals surface area contributed by atoms with Crippen molar-refractivity contribution in [2.75, 3.05) is 63.2 Å². The Kier molecular flexibility index (Phi) is 8.27. The van der Waals surface area contributed by atoms with Crippen molar-refractivity contribution >= 4 is 17.6 Å². The molecule has 0 unspecified atom stereocenters. The smallest absolute Gasteiger partial charge is 0.410 e. The van der Waals surface area contributed by atoms with E-state index in [4.69, 9.17) is 19.9 Å². The Hall–Kier alpha value is -2.22. The van der Waals surface area contributed by atoms with Crippen LogP contribution in [-0.2, 0) is 9.47 Å². The maximum absolute atomic E-state index is 11.9. The maximum Gasteiger partial charge on any atom is 0.410 e. The van der Waals surface area contributed by atoms with Crippen LogP contribution in [0.5, 0.6) is 5.88 Å². The van der Waals surface area contributed by atoms with Gasteiger partial charge in [0.15, 0.2) is 0 Å². The Morgan fingerprint density at radius 2 is 1.92 bits per heavy atom. The summed E-state index contributed by atoms with van der Waals surface area (Å²) in [7, 11) is 0. The van der Waals surface area contributed by atoms with Gasteiger partial charge in [-0.3, -0.25) is 0 Å². The lowest BCUT2D eigenvalue weighted by Crippen LogP contribution is -2.41. The fraction of sp³-hybridized carbons (Fsp3) is 0.667. The number of morpholine rings is 1. The molecule has 2 heterocycles. The number of ether oxygens (including phenoxy) is 3. The third kappa shape index (κ3) is 6.25. The van der Waals surface area contributed by atoms with Crippen LogP contribution in [0.25, 0.3) is 0 Å². The molecule has 0 radical (unpaired) electrons. The number of carbonyl (C=O) groups is 1. The third-order valence-electron chi connectivity index (χ3n) is 3.99. The zero-order valence-corrected chi connectivity index (χ0v) is 15.8. The van der Waals surface area contributed by atoms with Crippen molar-refractivity contribution < 1.29 is 19.0 Å². The first-order valence-electron chi connectivity index (χ1n) is 9.28. The lowest BCUT2D eigenvalue weighted by molar-refractivity contribution is 0.0238. The summed E-state index contributed by atoms with van der Waals surface area (Å²) in [5, 5.41) is 0. The van der Waals surface area contributed by atoms with E-state index < -0.39 is 0 Å². The van der Waals surface area contributed by atoms with E-state index in [0.29, 0.717) is 38.0 Å². The number of aromatic nitrogens is 1. The molecule has 0 aliphatic carbocycles. The van der Waals surface area contributed by atoms with Crippen molar-refractivity contribution in [3.05, 3.63) is 12.1 Å². The number of anilines is 2. The number of hydrogen-bond acceptors (Lipinski definition) is 7. The van der Waals surface area contributed by atoms with Crippen molar-refractivity contribution in [1.29, 1.82) is 0 Å². The molecule has 146 valence electrons. The molecular formula is C18H30N4O4. The second-order valence-corrected chi connectivity index (χ2v) is 6.14. The molecule has 1 aromatic rings. The van der Waals surface area contributed by atoms with Gasteiger partial charge < -0.3 is 29.7 Å². The number of nitrogen functional groups attached to an aromatic ring is 1. The standard InChI is InChI=1S/C18H30N4O4/c1-3-5-21(6-4-2)15-13-16(19)20-17(14-15)25-11-12-26-18(23)22-7-9-24-10-8-22/h13-14H,3-12H2,1-2H3,(H2,19,20). The number of nitrogens with zero attached hydrogens (tertiary/aromatic N) is 3. The highest BCUT2D eigenvalue weighted by Gasteiger charge is 2.17. The van der Waals surface area contributed by atoms with Crippen LogP contribution in [0.3, 0.4) is 0 Å². The van der Waals surface area contributed by atoms with Gasteiger partial charge in [0.25, 0.3) is 0 Å². The Balaban J connectivity index is 1.83. The molecular weight excluding hydrogens is 336 g/mol. The summed E-state index contributed by atoms with van der Waals surface area (Å²) in [4.78, 5) is 20.0. The zero-order valence-electron chi connectivity index (χ0n) is 15.8. The molecule has 1 aliphatic rings. The Morgan fingerprint density at radius 3 is 2.58 bits per heavy atom. The first-order valence-corrected chi connectivity index (χ1v) is 9.28. The van der Waals surface area contributed by atoms with Crippen LogP contribution in [0.1, 0.15) is 26.7 Å². The second kappa shape index (κ2) is 10.7. The third-order valence-corrected chi connectivity index (χ3v) is 3.99. The number of nitrogens with two attached hydrogens (primary N) is 1. The molecule has 0 bridgehead atoms. The van der Waals surface area contributed by atoms with Gasteiger partial charge in [-0.2, -0.15) is 4.98 Å². The normalized spacial score (nSPS) is 14.2. The van der Waals surface area contributed by atoms with Crippen LogP contribution in [0.2, 0.25) is 0 Å². The van der Waals surface area contributed by atoms with Crippen LogP contribution in [0, 0.1) is 0 Å². The monoisotopic (exact) mass is 366 g/mol. The summed E-state index contributed by atoms with van der Waals surface area (Å²) in [6.07, 6.45) is 1.77. The molecule has 8 nitrogen and oxygen atoms in total. The molecule has 0 saturated carbocycles. The van der Waals surface area contributed by atoms with E-state index in [-0.39, 0.29) is 19.3 Å². The summed E-state index contributed by atoms with van der Waals surface area (Å²) in [5.41, 5.74) is 6.92. The highest BCUT2D eigenvalue weighted by Crippen LogP contribution is 2.23. The molecule has 1 fully saturated rings. The molecule has 2 N–H and O–H groups in total. The number of pyridine rings is 1. The van der Waals surface area contributed by atoms with Gasteiger partial charge >= 0.3 is 6.09 Å². The first-order chi connectivity index (χ1) is 12.6. The fourth-order valence-corrected chi connectivity index (χ4v) is 2.79. The van der Waals surface area contributed by atoms with Gasteiger partial charge in [0.2, 0.25) is 5.88 Å². The Labute approximate surface area is 155 Å². The van der Waals surface area contributed by atoms with E-state index in [2.05, 4.69) is 23.7 Å². The summed E-state index contributed by atoms with van der Waals surface area (Å²) in [6.45, 7) is 8.81. The van der Waals surface area contributed by atoms with Crippen LogP contribution < -0.4 is 15.4 Å². The van der Waals surface area contributed by atoms with E-state index in [1.165, 1.54) is 0 Å². The molecule has 0 aromatic carbocycles. The molecule has 0 atom stereocenters. The summed E-state index contributed by atoms with van der Waals surface area (Å²) >= 11 is 0. The lowest BCUT2D eigenvalue weighted by atomic mass is 10.3. The maximum atomic E-state index is 11.9. The largest absolute Gasteiger partial charge is 0.474 e. The topological polar surface area (TPSA) is 90.2 Å². The lowest BCUT2D eigenvalue weighted by Gasteiger charge is -2.26. The van der Waals surface area contributed by atoms with Gasteiger partial charge in [-0.05, 0) is 12.8 Å². The highest BCUT2D eigenvalue weighted by atomic mass is 16.6. The van der Waals surface area contributed by atoms with Crippen molar-refractivity contribution in [2.45, 2.75) is 26.7 Å². The van der Waals surface area contributed by atoms with Crippen LogP contribution in [-0.4, -0.2) is 68.6 Å². The zero-order chi connectivity index (χ0) is 18.8. The minimum absolute atomic E-state index is 0.162.